The molecule has 10 heteroatoms. The minimum atomic E-state index is -3.68. The molecule has 1 unspecified atom stereocenters. The summed E-state index contributed by atoms with van der Waals surface area (Å²) in [5.74, 6) is -1.09. The first-order chi connectivity index (χ1) is 11.2. The van der Waals surface area contributed by atoms with Gasteiger partial charge in [-0.2, -0.15) is 0 Å². The topological polar surface area (TPSA) is 102 Å². The molecule has 24 heavy (non-hydrogen) atoms. The zero-order valence-corrected chi connectivity index (χ0v) is 14.9. The number of ether oxygens (including phenoxy) is 2. The van der Waals surface area contributed by atoms with Gasteiger partial charge in [0.05, 0.1) is 37.1 Å². The molecule has 2 rings (SSSR count). The number of carbonyl (C=O) groups is 2. The number of benzene rings is 1. The molecule has 132 valence electrons. The average molecular weight is 377 g/mol. The number of methoxy groups -OCH3 is 2. The fourth-order valence-corrected chi connectivity index (χ4v) is 3.20. The van der Waals surface area contributed by atoms with Gasteiger partial charge >= 0.3 is 0 Å². The second kappa shape index (κ2) is 6.86. The Kier molecular flexibility index (Phi) is 5.24. The van der Waals surface area contributed by atoms with E-state index in [9.17, 15) is 18.0 Å². The molecule has 0 spiro atoms. The Morgan fingerprint density at radius 3 is 2.46 bits per heavy atom. The van der Waals surface area contributed by atoms with Crippen molar-refractivity contribution < 1.29 is 27.5 Å². The van der Waals surface area contributed by atoms with Gasteiger partial charge < -0.3 is 14.4 Å². The molecule has 0 radical (unpaired) electrons. The van der Waals surface area contributed by atoms with E-state index >= 15 is 0 Å². The third-order valence-corrected chi connectivity index (χ3v) is 4.39. The van der Waals surface area contributed by atoms with E-state index in [1.807, 2.05) is 4.72 Å². The van der Waals surface area contributed by atoms with Crippen molar-refractivity contribution in [3.05, 3.63) is 17.2 Å². The maximum Gasteiger partial charge on any atom is 0.238 e. The lowest BCUT2D eigenvalue weighted by Gasteiger charge is -2.20. The van der Waals surface area contributed by atoms with E-state index in [1.165, 1.54) is 31.3 Å². The first-order valence-corrected chi connectivity index (χ1v) is 9.16. The Balaban J connectivity index is 2.29. The van der Waals surface area contributed by atoms with Crippen molar-refractivity contribution in [2.45, 2.75) is 6.42 Å². The van der Waals surface area contributed by atoms with Crippen LogP contribution in [0.4, 0.5) is 5.69 Å². The number of rotatable bonds is 5. The summed E-state index contributed by atoms with van der Waals surface area (Å²) >= 11 is 6.09. The Hall–Kier alpha value is -2.00. The molecular formula is C14H17ClN2O6S. The van der Waals surface area contributed by atoms with Crippen LogP contribution in [-0.2, 0) is 19.6 Å². The number of nitrogens with one attached hydrogen (secondary N) is 1. The van der Waals surface area contributed by atoms with Crippen LogP contribution in [0.2, 0.25) is 5.02 Å². The molecule has 0 aromatic heterocycles. The summed E-state index contributed by atoms with van der Waals surface area (Å²) in [6.45, 7) is 0.0270. The second-order valence-electron chi connectivity index (χ2n) is 5.30. The highest BCUT2D eigenvalue weighted by molar-refractivity contribution is 7.89. The third kappa shape index (κ3) is 3.90. The van der Waals surface area contributed by atoms with Gasteiger partial charge in [0.15, 0.2) is 0 Å². The van der Waals surface area contributed by atoms with Crippen molar-refractivity contribution in [2.24, 2.45) is 5.92 Å². The number of amides is 2. The van der Waals surface area contributed by atoms with Gasteiger partial charge in [0.1, 0.15) is 11.5 Å². The maximum atomic E-state index is 12.3. The lowest BCUT2D eigenvalue weighted by atomic mass is 10.1. The molecule has 1 heterocycles. The number of sulfonamides is 1. The first kappa shape index (κ1) is 18.3. The zero-order valence-electron chi connectivity index (χ0n) is 13.3. The first-order valence-electron chi connectivity index (χ1n) is 6.89. The van der Waals surface area contributed by atoms with E-state index in [4.69, 9.17) is 21.1 Å². The summed E-state index contributed by atoms with van der Waals surface area (Å²) in [4.78, 5) is 25.6. The standard InChI is InChI=1S/C14H17ClN2O6S/c1-22-11-6-12(23-2)10(5-9(11)15)17-7-8(4-13(17)18)14(19)16-24(3,20)21/h5-6,8H,4,7H2,1-3H3,(H,16,19). The normalized spacial score (nSPS) is 17.8. The van der Waals surface area contributed by atoms with Crippen molar-refractivity contribution in [1.82, 2.24) is 4.72 Å². The molecule has 0 bridgehead atoms. The zero-order chi connectivity index (χ0) is 18.1. The van der Waals surface area contributed by atoms with E-state index in [-0.39, 0.29) is 23.9 Å². The molecule has 1 N–H and O–H groups in total. The molecule has 1 aromatic carbocycles. The van der Waals surface area contributed by atoms with E-state index < -0.39 is 21.8 Å². The van der Waals surface area contributed by atoms with Gasteiger partial charge in [-0.3, -0.25) is 14.3 Å². The summed E-state index contributed by atoms with van der Waals surface area (Å²) in [5, 5.41) is 0.283. The monoisotopic (exact) mass is 376 g/mol. The third-order valence-electron chi connectivity index (χ3n) is 3.53. The highest BCUT2D eigenvalue weighted by Gasteiger charge is 2.37. The molecule has 1 saturated heterocycles. The maximum absolute atomic E-state index is 12.3. The molecule has 0 saturated carbocycles. The smallest absolute Gasteiger partial charge is 0.238 e. The van der Waals surface area contributed by atoms with Crippen LogP contribution in [0.25, 0.3) is 0 Å². The van der Waals surface area contributed by atoms with Gasteiger partial charge in [-0.15, -0.1) is 0 Å². The van der Waals surface area contributed by atoms with Crippen LogP contribution in [0.1, 0.15) is 6.42 Å². The summed E-state index contributed by atoms with van der Waals surface area (Å²) in [7, 11) is -0.798. The Morgan fingerprint density at radius 2 is 1.92 bits per heavy atom. The summed E-state index contributed by atoms with van der Waals surface area (Å²) < 4.78 is 34.6. The number of hydrogen-bond acceptors (Lipinski definition) is 6. The molecule has 1 aromatic rings. The van der Waals surface area contributed by atoms with Crippen LogP contribution in [0.3, 0.4) is 0 Å². The Labute approximate surface area is 144 Å². The van der Waals surface area contributed by atoms with Crippen molar-refractivity contribution in [1.29, 1.82) is 0 Å². The number of nitrogens with zero attached hydrogens (tertiary/aromatic N) is 1. The predicted octanol–water partition coefficient (Wildman–Crippen LogP) is 0.786. The van der Waals surface area contributed by atoms with Crippen molar-refractivity contribution in [3.8, 4) is 11.5 Å². The van der Waals surface area contributed by atoms with Crippen LogP contribution in [-0.4, -0.2) is 47.3 Å². The van der Waals surface area contributed by atoms with Crippen molar-refractivity contribution >= 4 is 39.1 Å². The predicted molar refractivity (Wildman–Crippen MR) is 88.0 cm³/mol. The Morgan fingerprint density at radius 1 is 1.29 bits per heavy atom. The lowest BCUT2D eigenvalue weighted by molar-refractivity contribution is -0.124. The number of anilines is 1. The fraction of sp³-hybridized carbons (Fsp3) is 0.429. The SMILES string of the molecule is COc1cc(OC)c(N2CC(C(=O)NS(C)(=O)=O)CC2=O)cc1Cl. The van der Waals surface area contributed by atoms with E-state index in [0.717, 1.165) is 6.26 Å². The van der Waals surface area contributed by atoms with Crippen LogP contribution < -0.4 is 19.1 Å². The van der Waals surface area contributed by atoms with Crippen molar-refractivity contribution in [2.75, 3.05) is 31.9 Å². The minimum Gasteiger partial charge on any atom is -0.495 e. The highest BCUT2D eigenvalue weighted by Crippen LogP contribution is 2.40. The summed E-state index contributed by atoms with van der Waals surface area (Å²) in [6, 6.07) is 3.04. The fourth-order valence-electron chi connectivity index (χ4n) is 2.44. The number of halogens is 1. The van der Waals surface area contributed by atoms with Gasteiger partial charge in [-0.25, -0.2) is 8.42 Å². The summed E-state index contributed by atoms with van der Waals surface area (Å²) in [5.41, 5.74) is 0.392. The van der Waals surface area contributed by atoms with Crippen LogP contribution in [0, 0.1) is 5.92 Å². The van der Waals surface area contributed by atoms with Gasteiger partial charge in [-0.05, 0) is 6.07 Å². The van der Waals surface area contributed by atoms with E-state index in [0.29, 0.717) is 17.2 Å². The number of carbonyl (C=O) groups excluding carboxylic acids is 2. The van der Waals surface area contributed by atoms with E-state index in [1.54, 1.807) is 0 Å². The molecule has 2 amide bonds. The average Bonchev–Trinajstić information content (AvgIpc) is 2.87. The van der Waals surface area contributed by atoms with Gasteiger partial charge in [0, 0.05) is 19.0 Å². The highest BCUT2D eigenvalue weighted by atomic mass is 35.5. The van der Waals surface area contributed by atoms with Gasteiger partial charge in [0.25, 0.3) is 0 Å². The molecule has 8 nitrogen and oxygen atoms in total. The van der Waals surface area contributed by atoms with Crippen LogP contribution >= 0.6 is 11.6 Å². The van der Waals surface area contributed by atoms with E-state index in [2.05, 4.69) is 0 Å². The molecule has 1 aliphatic rings. The quantitative estimate of drug-likeness (QED) is 0.815. The van der Waals surface area contributed by atoms with Gasteiger partial charge in [-0.1, -0.05) is 11.6 Å². The van der Waals surface area contributed by atoms with Crippen LogP contribution in [0.15, 0.2) is 12.1 Å². The second-order valence-corrected chi connectivity index (χ2v) is 7.46. The van der Waals surface area contributed by atoms with Crippen molar-refractivity contribution in [3.63, 3.8) is 0 Å². The summed E-state index contributed by atoms with van der Waals surface area (Å²) in [6.07, 6.45) is 0.778. The Bertz CT molecular complexity index is 780. The lowest BCUT2D eigenvalue weighted by Crippen LogP contribution is -2.36. The molecule has 1 atom stereocenters. The molecule has 1 aliphatic heterocycles. The molecule has 1 fully saturated rings. The molecular weight excluding hydrogens is 360 g/mol. The minimum absolute atomic E-state index is 0.0270. The van der Waals surface area contributed by atoms with Gasteiger partial charge in [0.2, 0.25) is 21.8 Å². The number of hydrogen-bond donors (Lipinski definition) is 1. The largest absolute Gasteiger partial charge is 0.495 e. The van der Waals surface area contributed by atoms with Crippen LogP contribution in [0.5, 0.6) is 11.5 Å². The molecule has 0 aliphatic carbocycles.